The minimum atomic E-state index is -2.56. The molecule has 2 fully saturated rings. The molecule has 2 aliphatic rings. The zero-order valence-electron chi connectivity index (χ0n) is 65.4. The van der Waals surface area contributed by atoms with Gasteiger partial charge in [-0.25, -0.2) is 47.9 Å². The van der Waals surface area contributed by atoms with Gasteiger partial charge in [0.15, 0.2) is 180 Å². The van der Waals surface area contributed by atoms with Crippen molar-refractivity contribution in [3.8, 4) is 161 Å². The smallest absolute Gasteiger partial charge is 0.340 e. The van der Waals surface area contributed by atoms with Crippen LogP contribution in [0.15, 0.2) is 133 Å². The third kappa shape index (κ3) is 20.4. The second-order valence-electron chi connectivity index (χ2n) is 27.6. The Morgan fingerprint density at radius 1 is 0.189 bits per heavy atom. The number of carbonyl (C=O) groups is 10. The lowest BCUT2D eigenvalue weighted by molar-refractivity contribution is -0.283. The van der Waals surface area contributed by atoms with Gasteiger partial charge in [0.05, 0.1) is 55.6 Å². The monoisotopic (exact) mass is 1850 g/mol. The Morgan fingerprint density at radius 3 is 0.530 bits per heavy atom. The maximum absolute atomic E-state index is 13.9. The van der Waals surface area contributed by atoms with Crippen LogP contribution in [0, 0.1) is 0 Å². The van der Waals surface area contributed by atoms with Crippen molar-refractivity contribution in [2.75, 3.05) is 13.2 Å². The van der Waals surface area contributed by atoms with Crippen LogP contribution in [-0.2, 0) is 56.8 Å². The van der Waals surface area contributed by atoms with Crippen LogP contribution in [0.3, 0.4) is 0 Å². The number of benzene rings is 10. The van der Waals surface area contributed by atoms with E-state index in [1.54, 1.807) is 0 Å². The molecule has 50 nitrogen and oxygen atoms in total. The standard InChI is InChI=1S/C41H32O26.C41H32O24/c42-17-1-12(2-18(43)28(17)52)36(57)62-11-27-33(64-37(58)13-3-19(44)29(53)20(45)4-13)34(65-38(59)14-5-21(46)30(54)22(47)6-14)35(66-39(60)15-7-23(48)31(55)24(49)8-15)41(63-27)67-40(61)16-9-25(50)32(56)26(51)10-16;42-19-3-1-14(2-4-19)36(55)60-13-28-33(62-37(56)15-5-20(43)29(51)21(44)6-15)34(63-38(57)16-7-22(45)30(52)23(46)8-16)35(64-39(58)17-9-24(47)31(53)25(48)10-17)41(61-28)65-40(59)18-11-26(49)32(54)27(50)12-18/h1-10,27,33-35,41-56H,11H2;1-12,28,33-35,41-54H,13H2. The van der Waals surface area contributed by atoms with Gasteiger partial charge in [0.1, 0.15) is 31.2 Å². The second-order valence-corrected chi connectivity index (χ2v) is 27.6. The van der Waals surface area contributed by atoms with Crippen LogP contribution >= 0.6 is 0 Å². The quantitative estimate of drug-likeness (QED) is 0.0259. The molecule has 0 bridgehead atoms. The molecule has 0 aromatic heterocycles. The summed E-state index contributed by atoms with van der Waals surface area (Å²) in [6.07, 6.45) is -24.0. The molecule has 2 heterocycles. The number of ether oxygens (including phenoxy) is 12. The van der Waals surface area contributed by atoms with Crippen molar-refractivity contribution in [2.24, 2.45) is 0 Å². The molecule has 692 valence electrons. The van der Waals surface area contributed by atoms with Gasteiger partial charge in [-0.2, -0.15) is 0 Å². The van der Waals surface area contributed by atoms with Gasteiger partial charge in [-0.1, -0.05) is 0 Å². The Labute approximate surface area is 729 Å². The van der Waals surface area contributed by atoms with Gasteiger partial charge in [0.2, 0.25) is 24.8 Å². The molecule has 12 rings (SSSR count). The third-order valence-corrected chi connectivity index (χ3v) is 18.7. The van der Waals surface area contributed by atoms with E-state index in [0.717, 1.165) is 24.3 Å². The molecule has 0 amide bonds. The molecular formula is C82H64O50. The lowest BCUT2D eigenvalue weighted by Crippen LogP contribution is -2.63. The predicted molar refractivity (Wildman–Crippen MR) is 415 cm³/mol. The number of rotatable bonds is 22. The fourth-order valence-corrected chi connectivity index (χ4v) is 12.1. The summed E-state index contributed by atoms with van der Waals surface area (Å²) in [5, 5.41) is 281. The van der Waals surface area contributed by atoms with Crippen LogP contribution < -0.4 is 0 Å². The van der Waals surface area contributed by atoms with Crippen molar-refractivity contribution in [2.45, 2.75) is 61.4 Å². The van der Waals surface area contributed by atoms with Crippen molar-refractivity contribution in [3.05, 3.63) is 189 Å². The fraction of sp³-hybridized carbons (Fsp3) is 0.146. The summed E-state index contributed by atoms with van der Waals surface area (Å²) in [4.78, 5) is 137. The zero-order valence-corrected chi connectivity index (χ0v) is 65.4. The van der Waals surface area contributed by atoms with Crippen LogP contribution in [0.4, 0.5) is 0 Å². The Morgan fingerprint density at radius 2 is 0.341 bits per heavy atom. The Balaban J connectivity index is 0.000000255. The van der Waals surface area contributed by atoms with Crippen LogP contribution in [0.25, 0.3) is 0 Å². The summed E-state index contributed by atoms with van der Waals surface area (Å²) >= 11 is 0. The molecule has 0 spiro atoms. The molecule has 0 radical (unpaired) electrons. The number of hydrogen-bond donors (Lipinski definition) is 28. The van der Waals surface area contributed by atoms with Crippen LogP contribution in [0.2, 0.25) is 0 Å². The van der Waals surface area contributed by atoms with Gasteiger partial charge in [-0.15, -0.1) is 0 Å². The summed E-state index contributed by atoms with van der Waals surface area (Å²) in [5.41, 5.74) is -7.10. The van der Waals surface area contributed by atoms with Gasteiger partial charge in [0, 0.05) is 0 Å². The number of phenols is 28. The van der Waals surface area contributed by atoms with E-state index in [2.05, 4.69) is 0 Å². The summed E-state index contributed by atoms with van der Waals surface area (Å²) in [5.74, 6) is -45.2. The van der Waals surface area contributed by atoms with Crippen molar-refractivity contribution in [1.82, 2.24) is 0 Å². The van der Waals surface area contributed by atoms with Gasteiger partial charge in [0.25, 0.3) is 0 Å². The maximum atomic E-state index is 13.9. The lowest BCUT2D eigenvalue weighted by atomic mass is 9.97. The van der Waals surface area contributed by atoms with Gasteiger partial charge in [-0.05, 0) is 133 Å². The van der Waals surface area contributed by atoms with E-state index in [1.165, 1.54) is 0 Å². The van der Waals surface area contributed by atoms with Gasteiger partial charge < -0.3 is 200 Å². The van der Waals surface area contributed by atoms with Crippen LogP contribution in [-0.4, -0.2) is 277 Å². The highest BCUT2D eigenvalue weighted by atomic mass is 16.8. The first-order valence-corrected chi connectivity index (χ1v) is 36.4. The molecule has 28 N–H and O–H groups in total. The molecular weight excluding hydrogens is 1780 g/mol. The summed E-state index contributed by atoms with van der Waals surface area (Å²) < 4.78 is 66.7. The summed E-state index contributed by atoms with van der Waals surface area (Å²) in [6, 6.07) is 14.7. The first-order chi connectivity index (χ1) is 62.1. The van der Waals surface area contributed by atoms with E-state index in [0.29, 0.717) is 109 Å². The number of carbonyl (C=O) groups excluding carboxylic acids is 10. The van der Waals surface area contributed by atoms with E-state index in [9.17, 15) is 191 Å². The molecule has 0 aliphatic carbocycles. The SMILES string of the molecule is O=C(OCC1OC(OC(=O)c2cc(O)c(O)c(O)c2)C(OC(=O)c2cc(O)c(O)c(O)c2)C(OC(=O)c2cc(O)c(O)c(O)c2)C1OC(=O)c1cc(O)c(O)c(O)c1)c1cc(O)c(O)c(O)c1.O=C(OCC1OC(OC(=O)c2cc(O)c(O)c(O)c2)C(OC(=O)c2cc(O)c(O)c(O)c2)C(OC(=O)c2cc(O)c(O)c(O)c2)C1OC(=O)c1cc(O)c(O)c(O)c1)c1ccc(O)cc1. The molecule has 10 aromatic rings. The average Bonchev–Trinajstić information content (AvgIpc) is 0.768. The first kappa shape index (κ1) is 93.9. The fourth-order valence-electron chi connectivity index (χ4n) is 12.1. The van der Waals surface area contributed by atoms with Crippen molar-refractivity contribution < 1.29 is 248 Å². The summed E-state index contributed by atoms with van der Waals surface area (Å²) in [7, 11) is 0. The number of phenolic OH excluding ortho intramolecular Hbond substituents is 28. The molecule has 10 atom stereocenters. The molecule has 132 heavy (non-hydrogen) atoms. The van der Waals surface area contributed by atoms with E-state index < -0.39 is 340 Å². The minimum Gasteiger partial charge on any atom is -0.508 e. The number of aromatic hydroxyl groups is 28. The first-order valence-electron chi connectivity index (χ1n) is 36.4. The molecule has 10 unspecified atom stereocenters. The summed E-state index contributed by atoms with van der Waals surface area (Å²) in [6.45, 7) is -2.34. The van der Waals surface area contributed by atoms with Crippen LogP contribution in [0.5, 0.6) is 161 Å². The largest absolute Gasteiger partial charge is 0.508 e. The second kappa shape index (κ2) is 38.0. The third-order valence-electron chi connectivity index (χ3n) is 18.7. The van der Waals surface area contributed by atoms with Crippen molar-refractivity contribution >= 4 is 59.7 Å². The van der Waals surface area contributed by atoms with E-state index in [-0.39, 0.29) is 11.3 Å². The number of esters is 10. The predicted octanol–water partition coefficient (Wildman–Crippen LogP) is 3.96. The Hall–Kier alpha value is -18.8. The molecule has 0 saturated carbocycles. The normalized spacial score (nSPS) is 17.8. The molecule has 50 heteroatoms. The zero-order chi connectivity index (χ0) is 96.9. The lowest BCUT2D eigenvalue weighted by Gasteiger charge is -2.43. The molecule has 2 aliphatic heterocycles. The highest BCUT2D eigenvalue weighted by Crippen LogP contribution is 2.47. The van der Waals surface area contributed by atoms with Gasteiger partial charge in [-0.3, -0.25) is 0 Å². The van der Waals surface area contributed by atoms with Crippen molar-refractivity contribution in [3.63, 3.8) is 0 Å². The maximum Gasteiger partial charge on any atom is 0.340 e. The van der Waals surface area contributed by atoms with Gasteiger partial charge >= 0.3 is 59.7 Å². The van der Waals surface area contributed by atoms with E-state index in [1.807, 2.05) is 0 Å². The highest BCUT2D eigenvalue weighted by molar-refractivity contribution is 5.97. The van der Waals surface area contributed by atoms with E-state index >= 15 is 0 Å². The Bertz CT molecular complexity index is 6090. The average molecular weight is 1850 g/mol. The van der Waals surface area contributed by atoms with Crippen molar-refractivity contribution in [1.29, 1.82) is 0 Å². The highest BCUT2D eigenvalue weighted by Gasteiger charge is 2.57. The molecule has 2 saturated heterocycles. The number of hydrogen-bond acceptors (Lipinski definition) is 50. The van der Waals surface area contributed by atoms with Crippen LogP contribution in [0.1, 0.15) is 104 Å². The Kier molecular flexibility index (Phi) is 27.0. The molecule has 10 aromatic carbocycles. The van der Waals surface area contributed by atoms with E-state index in [4.69, 9.17) is 56.8 Å². The minimum absolute atomic E-state index is 0.195. The topological polar surface area (TPSA) is 848 Å².